The van der Waals surface area contributed by atoms with Crippen LogP contribution in [-0.2, 0) is 0 Å². The summed E-state index contributed by atoms with van der Waals surface area (Å²) in [6.07, 6.45) is 0. The molecule has 0 radical (unpaired) electrons. The van der Waals surface area contributed by atoms with Gasteiger partial charge in [-0.3, -0.25) is 4.79 Å². The molecule has 0 fully saturated rings. The van der Waals surface area contributed by atoms with Crippen LogP contribution in [0.4, 0.5) is 0 Å². The minimum atomic E-state index is -0.234. The predicted molar refractivity (Wildman–Crippen MR) is 108 cm³/mol. The van der Waals surface area contributed by atoms with Gasteiger partial charge in [-0.1, -0.05) is 65.9 Å². The summed E-state index contributed by atoms with van der Waals surface area (Å²) in [4.78, 5) is 13.1. The van der Waals surface area contributed by atoms with Crippen LogP contribution in [0.25, 0.3) is 33.7 Å². The van der Waals surface area contributed by atoms with Crippen molar-refractivity contribution >= 4 is 10.9 Å². The third-order valence-corrected chi connectivity index (χ3v) is 4.55. The zero-order chi connectivity index (χ0) is 18.9. The Morgan fingerprint density at radius 1 is 0.714 bits per heavy atom. The van der Waals surface area contributed by atoms with Crippen LogP contribution in [-0.4, -0.2) is 24.8 Å². The van der Waals surface area contributed by atoms with Crippen LogP contribution in [0.3, 0.4) is 0 Å². The molecule has 0 spiro atoms. The second kappa shape index (κ2) is 6.59. The summed E-state index contributed by atoms with van der Waals surface area (Å²) in [5, 5.41) is 13.6. The van der Waals surface area contributed by atoms with Crippen LogP contribution in [0.15, 0.2) is 95.8 Å². The van der Waals surface area contributed by atoms with E-state index in [0.29, 0.717) is 16.7 Å². The lowest BCUT2D eigenvalue weighted by atomic mass is 10.1. The second-order valence-electron chi connectivity index (χ2n) is 6.32. The molecule has 2 heterocycles. The maximum Gasteiger partial charge on any atom is 0.283 e. The number of hydrogen-bond donors (Lipinski definition) is 0. The van der Waals surface area contributed by atoms with Crippen LogP contribution in [0.2, 0.25) is 0 Å². The summed E-state index contributed by atoms with van der Waals surface area (Å²) >= 11 is 0. The summed E-state index contributed by atoms with van der Waals surface area (Å²) < 4.78 is 3.02. The van der Waals surface area contributed by atoms with Gasteiger partial charge in [0.05, 0.1) is 16.8 Å². The highest BCUT2D eigenvalue weighted by atomic mass is 16.1. The standard InChI is InChI=1S/C22H15N5O/c28-22-18-13-7-8-14-19(18)23-25-27(22)21-15-20(16-9-3-1-4-10-16)24-26(21)17-11-5-2-6-12-17/h1-15H. The van der Waals surface area contributed by atoms with E-state index in [1.54, 1.807) is 16.8 Å². The van der Waals surface area contributed by atoms with E-state index in [-0.39, 0.29) is 5.56 Å². The maximum absolute atomic E-state index is 13.1. The van der Waals surface area contributed by atoms with Gasteiger partial charge < -0.3 is 0 Å². The van der Waals surface area contributed by atoms with Crippen molar-refractivity contribution in [3.05, 3.63) is 101 Å². The van der Waals surface area contributed by atoms with E-state index < -0.39 is 0 Å². The van der Waals surface area contributed by atoms with Crippen molar-refractivity contribution in [2.24, 2.45) is 0 Å². The van der Waals surface area contributed by atoms with Crippen molar-refractivity contribution < 1.29 is 0 Å². The molecule has 6 heteroatoms. The van der Waals surface area contributed by atoms with Crippen molar-refractivity contribution in [2.45, 2.75) is 0 Å². The van der Waals surface area contributed by atoms with Gasteiger partial charge in [-0.05, 0) is 24.3 Å². The number of fused-ring (bicyclic) bond motifs is 1. The second-order valence-corrected chi connectivity index (χ2v) is 6.32. The Bertz CT molecular complexity index is 1320. The molecule has 0 N–H and O–H groups in total. The molecule has 0 unspecified atom stereocenters. The molecule has 6 nitrogen and oxygen atoms in total. The van der Waals surface area contributed by atoms with Crippen LogP contribution in [0.1, 0.15) is 0 Å². The summed E-state index contributed by atoms with van der Waals surface area (Å²) in [7, 11) is 0. The van der Waals surface area contributed by atoms with E-state index in [4.69, 9.17) is 5.10 Å². The first-order valence-corrected chi connectivity index (χ1v) is 8.87. The zero-order valence-corrected chi connectivity index (χ0v) is 14.8. The normalized spacial score (nSPS) is 11.0. The molecule has 0 saturated heterocycles. The van der Waals surface area contributed by atoms with Gasteiger partial charge in [0, 0.05) is 11.6 Å². The van der Waals surface area contributed by atoms with Crippen LogP contribution >= 0.6 is 0 Å². The maximum atomic E-state index is 13.1. The third kappa shape index (κ3) is 2.68. The molecule has 0 bridgehead atoms. The molecule has 5 aromatic rings. The lowest BCUT2D eigenvalue weighted by Gasteiger charge is -2.08. The lowest BCUT2D eigenvalue weighted by molar-refractivity contribution is 0.686. The fourth-order valence-electron chi connectivity index (χ4n) is 3.17. The molecule has 2 aromatic heterocycles. The quantitative estimate of drug-likeness (QED) is 0.490. The van der Waals surface area contributed by atoms with Crippen LogP contribution in [0, 0.1) is 0 Å². The first kappa shape index (κ1) is 16.1. The van der Waals surface area contributed by atoms with Crippen molar-refractivity contribution in [3.63, 3.8) is 0 Å². The summed E-state index contributed by atoms with van der Waals surface area (Å²) in [6, 6.07) is 28.5. The van der Waals surface area contributed by atoms with E-state index >= 15 is 0 Å². The van der Waals surface area contributed by atoms with E-state index in [1.807, 2.05) is 78.9 Å². The van der Waals surface area contributed by atoms with E-state index in [1.165, 1.54) is 4.68 Å². The summed E-state index contributed by atoms with van der Waals surface area (Å²) in [5.74, 6) is 0.535. The molecule has 0 aliphatic heterocycles. The van der Waals surface area contributed by atoms with Gasteiger partial charge in [0.2, 0.25) is 0 Å². The van der Waals surface area contributed by atoms with Crippen molar-refractivity contribution in [1.29, 1.82) is 0 Å². The number of benzene rings is 3. The first-order valence-electron chi connectivity index (χ1n) is 8.87. The lowest BCUT2D eigenvalue weighted by Crippen LogP contribution is -2.24. The minimum absolute atomic E-state index is 0.234. The highest BCUT2D eigenvalue weighted by molar-refractivity contribution is 5.76. The van der Waals surface area contributed by atoms with Crippen molar-refractivity contribution in [3.8, 4) is 22.8 Å². The topological polar surface area (TPSA) is 65.6 Å². The molecule has 5 rings (SSSR count). The molecule has 134 valence electrons. The predicted octanol–water partition coefficient (Wildman–Crippen LogP) is 3.63. The fraction of sp³-hybridized carbons (Fsp3) is 0. The average molecular weight is 365 g/mol. The molecular formula is C22H15N5O. The Labute approximate surface area is 160 Å². The number of hydrogen-bond acceptors (Lipinski definition) is 4. The summed E-state index contributed by atoms with van der Waals surface area (Å²) in [5.41, 5.74) is 2.88. The smallest absolute Gasteiger partial charge is 0.267 e. The monoisotopic (exact) mass is 365 g/mol. The Morgan fingerprint density at radius 3 is 2.18 bits per heavy atom. The highest BCUT2D eigenvalue weighted by Crippen LogP contribution is 2.23. The molecule has 0 aliphatic rings. The third-order valence-electron chi connectivity index (χ3n) is 4.55. The Hall–Kier alpha value is -4.06. The highest BCUT2D eigenvalue weighted by Gasteiger charge is 2.16. The molecule has 0 aliphatic carbocycles. The van der Waals surface area contributed by atoms with Crippen molar-refractivity contribution in [1.82, 2.24) is 24.8 Å². The number of rotatable bonds is 3. The Kier molecular flexibility index (Phi) is 3.80. The Balaban J connectivity index is 1.78. The molecule has 28 heavy (non-hydrogen) atoms. The molecule has 3 aromatic carbocycles. The van der Waals surface area contributed by atoms with Crippen LogP contribution in [0.5, 0.6) is 0 Å². The van der Waals surface area contributed by atoms with E-state index in [2.05, 4.69) is 10.3 Å². The van der Waals surface area contributed by atoms with Gasteiger partial charge in [-0.25, -0.2) is 4.68 Å². The van der Waals surface area contributed by atoms with Crippen LogP contribution < -0.4 is 5.56 Å². The average Bonchev–Trinajstić information content (AvgIpc) is 3.21. The van der Waals surface area contributed by atoms with Gasteiger partial charge in [0.1, 0.15) is 5.52 Å². The molecule has 0 saturated carbocycles. The first-order chi connectivity index (χ1) is 13.8. The molecule has 0 amide bonds. The van der Waals surface area contributed by atoms with E-state index in [0.717, 1.165) is 16.9 Å². The van der Waals surface area contributed by atoms with E-state index in [9.17, 15) is 4.79 Å². The SMILES string of the molecule is O=c1c2ccccc2nnn1-c1cc(-c2ccccc2)nn1-c1ccccc1. The van der Waals surface area contributed by atoms with Gasteiger partial charge in [0.15, 0.2) is 5.82 Å². The number of nitrogens with zero attached hydrogens (tertiary/aromatic N) is 5. The van der Waals surface area contributed by atoms with Gasteiger partial charge >= 0.3 is 0 Å². The molecule has 0 atom stereocenters. The largest absolute Gasteiger partial charge is 0.283 e. The molecular weight excluding hydrogens is 350 g/mol. The summed E-state index contributed by atoms with van der Waals surface area (Å²) in [6.45, 7) is 0. The fourth-order valence-corrected chi connectivity index (χ4v) is 3.17. The van der Waals surface area contributed by atoms with Gasteiger partial charge in [-0.2, -0.15) is 9.78 Å². The Morgan fingerprint density at radius 2 is 1.39 bits per heavy atom. The number of para-hydroxylation sites is 1. The minimum Gasteiger partial charge on any atom is -0.267 e. The van der Waals surface area contributed by atoms with Gasteiger partial charge in [-0.15, -0.1) is 5.10 Å². The van der Waals surface area contributed by atoms with Crippen molar-refractivity contribution in [2.75, 3.05) is 0 Å². The number of aromatic nitrogens is 5. The zero-order valence-electron chi connectivity index (χ0n) is 14.8. The van der Waals surface area contributed by atoms with Gasteiger partial charge in [0.25, 0.3) is 5.56 Å².